The van der Waals surface area contributed by atoms with Crippen molar-refractivity contribution in [1.82, 2.24) is 4.90 Å². The molecule has 92 valence electrons. The van der Waals surface area contributed by atoms with Gasteiger partial charge in [0.1, 0.15) is 0 Å². The fourth-order valence-electron chi connectivity index (χ4n) is 2.04. The second kappa shape index (κ2) is 5.80. The zero-order valence-electron chi connectivity index (χ0n) is 9.43. The van der Waals surface area contributed by atoms with Crippen molar-refractivity contribution in [3.63, 3.8) is 0 Å². The Morgan fingerprint density at radius 1 is 1.65 bits per heavy atom. The molecule has 2 N–H and O–H groups in total. The monoisotopic (exact) mass is 314 g/mol. The lowest BCUT2D eigenvalue weighted by Gasteiger charge is -2.21. The molecular formula is C12H15BrN2OS. The molecule has 2 rings (SSSR count). The molecule has 1 aromatic rings. The van der Waals surface area contributed by atoms with Crippen LogP contribution in [0.5, 0.6) is 0 Å². The number of carbonyl (C=O) groups excluding carboxylic acids is 1. The molecule has 5 heteroatoms. The highest BCUT2D eigenvalue weighted by atomic mass is 79.9. The molecule has 2 heterocycles. The van der Waals surface area contributed by atoms with E-state index in [2.05, 4.69) is 15.9 Å². The summed E-state index contributed by atoms with van der Waals surface area (Å²) in [5, 5.41) is 0. The minimum atomic E-state index is 0.0717. The molecular weight excluding hydrogens is 300 g/mol. The highest BCUT2D eigenvalue weighted by molar-refractivity contribution is 9.11. The summed E-state index contributed by atoms with van der Waals surface area (Å²) in [4.78, 5) is 14.9. The van der Waals surface area contributed by atoms with Gasteiger partial charge in [-0.1, -0.05) is 0 Å². The third kappa shape index (κ3) is 3.18. The quantitative estimate of drug-likeness (QED) is 0.871. The first-order chi connectivity index (χ1) is 8.20. The summed E-state index contributed by atoms with van der Waals surface area (Å²) in [6, 6.07) is 4.19. The van der Waals surface area contributed by atoms with Crippen LogP contribution in [-0.4, -0.2) is 29.9 Å². The van der Waals surface area contributed by atoms with Gasteiger partial charge in [-0.05, 0) is 47.0 Å². The van der Waals surface area contributed by atoms with Crippen LogP contribution in [0.4, 0.5) is 0 Å². The number of nitrogens with zero attached hydrogens (tertiary/aromatic N) is 1. The molecule has 0 saturated carbocycles. The van der Waals surface area contributed by atoms with Crippen molar-refractivity contribution < 1.29 is 4.79 Å². The standard InChI is InChI=1S/C12H15BrN2OS/c13-11-5-3-10(17-11)4-6-12(16)15-7-1-2-9(15)8-14/h3-6,9H,1-2,7-8,14H2/b6-4+. The number of hydrogen-bond acceptors (Lipinski definition) is 3. The number of hydrogen-bond donors (Lipinski definition) is 1. The van der Waals surface area contributed by atoms with Crippen LogP contribution in [0.25, 0.3) is 6.08 Å². The van der Waals surface area contributed by atoms with Crippen LogP contribution in [0.15, 0.2) is 22.0 Å². The van der Waals surface area contributed by atoms with Crippen molar-refractivity contribution in [3.8, 4) is 0 Å². The van der Waals surface area contributed by atoms with Gasteiger partial charge in [-0.25, -0.2) is 0 Å². The van der Waals surface area contributed by atoms with Gasteiger partial charge in [0.05, 0.1) is 3.79 Å². The van der Waals surface area contributed by atoms with E-state index in [9.17, 15) is 4.79 Å². The van der Waals surface area contributed by atoms with E-state index in [1.807, 2.05) is 23.1 Å². The van der Waals surface area contributed by atoms with E-state index in [0.29, 0.717) is 6.54 Å². The zero-order valence-corrected chi connectivity index (χ0v) is 11.8. The predicted octanol–water partition coefficient (Wildman–Crippen LogP) is 2.47. The molecule has 3 nitrogen and oxygen atoms in total. The molecule has 1 unspecified atom stereocenters. The number of rotatable bonds is 3. The van der Waals surface area contributed by atoms with E-state index in [-0.39, 0.29) is 11.9 Å². The Morgan fingerprint density at radius 3 is 3.12 bits per heavy atom. The lowest BCUT2D eigenvalue weighted by molar-refractivity contribution is -0.126. The van der Waals surface area contributed by atoms with Crippen LogP contribution in [0.3, 0.4) is 0 Å². The van der Waals surface area contributed by atoms with Crippen molar-refractivity contribution >= 4 is 39.2 Å². The number of thiophene rings is 1. The fraction of sp³-hybridized carbons (Fsp3) is 0.417. The normalized spacial score (nSPS) is 20.4. The Hall–Kier alpha value is -0.650. The molecule has 1 atom stereocenters. The minimum Gasteiger partial charge on any atom is -0.335 e. The van der Waals surface area contributed by atoms with Gasteiger partial charge in [0, 0.05) is 30.1 Å². The number of carbonyl (C=O) groups is 1. The van der Waals surface area contributed by atoms with Gasteiger partial charge in [0.25, 0.3) is 0 Å². The molecule has 1 fully saturated rings. The maximum absolute atomic E-state index is 12.0. The molecule has 1 saturated heterocycles. The highest BCUT2D eigenvalue weighted by Gasteiger charge is 2.25. The van der Waals surface area contributed by atoms with E-state index < -0.39 is 0 Å². The van der Waals surface area contributed by atoms with Crippen LogP contribution in [0.1, 0.15) is 17.7 Å². The summed E-state index contributed by atoms with van der Waals surface area (Å²) in [7, 11) is 0. The Labute approximate surface area is 113 Å². The number of amides is 1. The lowest BCUT2D eigenvalue weighted by Crippen LogP contribution is -2.38. The molecule has 1 aromatic heterocycles. The average molecular weight is 315 g/mol. The Morgan fingerprint density at radius 2 is 2.47 bits per heavy atom. The Balaban J connectivity index is 1.99. The average Bonchev–Trinajstić information content (AvgIpc) is 2.94. The van der Waals surface area contributed by atoms with Crippen LogP contribution in [-0.2, 0) is 4.79 Å². The third-order valence-electron chi connectivity index (χ3n) is 2.92. The number of likely N-dealkylation sites (tertiary alicyclic amines) is 1. The molecule has 0 aromatic carbocycles. The SMILES string of the molecule is NCC1CCCN1C(=O)/C=C/c1ccc(Br)s1. The summed E-state index contributed by atoms with van der Waals surface area (Å²) in [6.45, 7) is 1.39. The van der Waals surface area contributed by atoms with Gasteiger partial charge in [-0.3, -0.25) is 4.79 Å². The summed E-state index contributed by atoms with van der Waals surface area (Å²) in [5.41, 5.74) is 5.65. The van der Waals surface area contributed by atoms with Crippen molar-refractivity contribution in [2.45, 2.75) is 18.9 Å². The zero-order chi connectivity index (χ0) is 12.3. The van der Waals surface area contributed by atoms with E-state index in [1.165, 1.54) is 0 Å². The van der Waals surface area contributed by atoms with Crippen LogP contribution >= 0.6 is 27.3 Å². The largest absolute Gasteiger partial charge is 0.335 e. The van der Waals surface area contributed by atoms with E-state index in [0.717, 1.165) is 28.0 Å². The number of halogens is 1. The molecule has 1 amide bonds. The maximum atomic E-state index is 12.0. The van der Waals surface area contributed by atoms with Crippen LogP contribution in [0, 0.1) is 0 Å². The summed E-state index contributed by atoms with van der Waals surface area (Å²) in [5.74, 6) is 0.0717. The Bertz CT molecular complexity index is 430. The van der Waals surface area contributed by atoms with Crippen LogP contribution < -0.4 is 5.73 Å². The molecule has 0 bridgehead atoms. The van der Waals surface area contributed by atoms with Crippen LogP contribution in [0.2, 0.25) is 0 Å². The van der Waals surface area contributed by atoms with E-state index in [1.54, 1.807) is 17.4 Å². The molecule has 0 spiro atoms. The first kappa shape index (κ1) is 12.8. The highest BCUT2D eigenvalue weighted by Crippen LogP contribution is 2.23. The lowest BCUT2D eigenvalue weighted by atomic mass is 10.2. The predicted molar refractivity (Wildman–Crippen MR) is 74.8 cm³/mol. The summed E-state index contributed by atoms with van der Waals surface area (Å²) < 4.78 is 1.07. The van der Waals surface area contributed by atoms with Gasteiger partial charge in [0.15, 0.2) is 0 Å². The molecule has 17 heavy (non-hydrogen) atoms. The van der Waals surface area contributed by atoms with Gasteiger partial charge < -0.3 is 10.6 Å². The van der Waals surface area contributed by atoms with Gasteiger partial charge in [-0.2, -0.15) is 0 Å². The van der Waals surface area contributed by atoms with Crippen molar-refractivity contribution in [1.29, 1.82) is 0 Å². The second-order valence-electron chi connectivity index (χ2n) is 4.04. The van der Waals surface area contributed by atoms with Gasteiger partial charge in [0.2, 0.25) is 5.91 Å². The maximum Gasteiger partial charge on any atom is 0.246 e. The Kier molecular flexibility index (Phi) is 4.36. The molecule has 1 aliphatic rings. The fourth-order valence-corrected chi connectivity index (χ4v) is 3.36. The third-order valence-corrected chi connectivity index (χ3v) is 4.51. The molecule has 0 aliphatic carbocycles. The first-order valence-electron chi connectivity index (χ1n) is 5.65. The van der Waals surface area contributed by atoms with Crippen molar-refractivity contribution in [3.05, 3.63) is 26.9 Å². The van der Waals surface area contributed by atoms with E-state index >= 15 is 0 Å². The minimum absolute atomic E-state index is 0.0717. The second-order valence-corrected chi connectivity index (χ2v) is 6.53. The first-order valence-corrected chi connectivity index (χ1v) is 7.25. The van der Waals surface area contributed by atoms with E-state index in [4.69, 9.17) is 5.73 Å². The molecule has 1 aliphatic heterocycles. The van der Waals surface area contributed by atoms with Crippen molar-refractivity contribution in [2.24, 2.45) is 5.73 Å². The summed E-state index contributed by atoms with van der Waals surface area (Å²) in [6.07, 6.45) is 5.60. The van der Waals surface area contributed by atoms with Gasteiger partial charge >= 0.3 is 0 Å². The smallest absolute Gasteiger partial charge is 0.246 e. The van der Waals surface area contributed by atoms with Gasteiger partial charge in [-0.15, -0.1) is 11.3 Å². The molecule has 0 radical (unpaired) electrons. The number of nitrogens with two attached hydrogens (primary N) is 1. The van der Waals surface area contributed by atoms with Crippen molar-refractivity contribution in [2.75, 3.05) is 13.1 Å². The summed E-state index contributed by atoms with van der Waals surface area (Å²) >= 11 is 5.01. The topological polar surface area (TPSA) is 46.3 Å².